The van der Waals surface area contributed by atoms with Crippen LogP contribution in [0.25, 0.3) is 0 Å². The minimum atomic E-state index is -0.548. The molecule has 200 valence electrons. The Balaban J connectivity index is 1.37. The molecule has 3 amide bonds. The van der Waals surface area contributed by atoms with E-state index in [9.17, 15) is 14.4 Å². The molecule has 1 aliphatic heterocycles. The zero-order valence-electron chi connectivity index (χ0n) is 22.2. The van der Waals surface area contributed by atoms with Gasteiger partial charge < -0.3 is 25.3 Å². The maximum absolute atomic E-state index is 13.4. The van der Waals surface area contributed by atoms with Gasteiger partial charge in [0, 0.05) is 44.1 Å². The highest BCUT2D eigenvalue weighted by molar-refractivity contribution is 6.01. The second-order valence-electron chi connectivity index (χ2n) is 9.63. The minimum Gasteiger partial charge on any atom is -0.497 e. The number of benzene rings is 2. The lowest BCUT2D eigenvalue weighted by Crippen LogP contribution is -2.51. The van der Waals surface area contributed by atoms with Crippen molar-refractivity contribution in [2.75, 3.05) is 45.2 Å². The van der Waals surface area contributed by atoms with Gasteiger partial charge in [-0.3, -0.25) is 14.5 Å². The van der Waals surface area contributed by atoms with Crippen LogP contribution in [0.4, 0.5) is 10.5 Å². The lowest BCUT2D eigenvalue weighted by atomic mass is 10.1. The summed E-state index contributed by atoms with van der Waals surface area (Å²) >= 11 is 0. The zero-order chi connectivity index (χ0) is 27.2. The minimum absolute atomic E-state index is 0.0760. The molecule has 4 rings (SSSR count). The molecule has 1 saturated heterocycles. The Kier molecular flexibility index (Phi) is 8.48. The predicted octanol–water partition coefficient (Wildman–Crippen LogP) is 3.49. The fourth-order valence-electron chi connectivity index (χ4n) is 4.68. The second kappa shape index (κ2) is 12.0. The number of carbonyl (C=O) groups is 3. The molecule has 9 heteroatoms. The van der Waals surface area contributed by atoms with E-state index in [4.69, 9.17) is 10.5 Å². The van der Waals surface area contributed by atoms with Crippen molar-refractivity contribution < 1.29 is 19.1 Å². The van der Waals surface area contributed by atoms with Crippen LogP contribution in [0.5, 0.6) is 5.75 Å². The topological polar surface area (TPSA) is 110 Å². The van der Waals surface area contributed by atoms with E-state index in [2.05, 4.69) is 5.32 Å². The van der Waals surface area contributed by atoms with Gasteiger partial charge in [0.2, 0.25) is 0 Å². The van der Waals surface area contributed by atoms with Crippen LogP contribution in [0, 0.1) is 13.8 Å². The standard InChI is InChI=1S/C29H35N5O4/c1-20-4-8-23(9-5-20)31-29(37)33-16-14-32(15-17-33)19-27(35)26-18-25(28(30)36)21(2)34(26)13-12-22-6-10-24(38-3)11-7-22/h4-11,18H,12-17,19H2,1-3H3,(H2,30,36)(H,31,37). The summed E-state index contributed by atoms with van der Waals surface area (Å²) in [6, 6.07) is 16.9. The highest BCUT2D eigenvalue weighted by Crippen LogP contribution is 2.19. The number of rotatable bonds is 9. The van der Waals surface area contributed by atoms with Crippen LogP contribution in [0.3, 0.4) is 0 Å². The normalized spacial score (nSPS) is 13.8. The number of anilines is 1. The van der Waals surface area contributed by atoms with Crippen LogP contribution in [-0.2, 0) is 13.0 Å². The van der Waals surface area contributed by atoms with Crippen molar-refractivity contribution in [3.8, 4) is 5.75 Å². The maximum Gasteiger partial charge on any atom is 0.321 e. The molecule has 0 radical (unpaired) electrons. The molecule has 1 aromatic heterocycles. The third kappa shape index (κ3) is 6.41. The number of aryl methyl sites for hydroxylation is 2. The number of methoxy groups -OCH3 is 1. The number of nitrogens with zero attached hydrogens (tertiary/aromatic N) is 3. The molecule has 1 fully saturated rings. The lowest BCUT2D eigenvalue weighted by molar-refractivity contribution is 0.0874. The molecule has 0 spiro atoms. The van der Waals surface area contributed by atoms with E-state index in [1.165, 1.54) is 0 Å². The molecular weight excluding hydrogens is 482 g/mol. The maximum atomic E-state index is 13.4. The fourth-order valence-corrected chi connectivity index (χ4v) is 4.68. The lowest BCUT2D eigenvalue weighted by Gasteiger charge is -2.34. The van der Waals surface area contributed by atoms with E-state index in [0.29, 0.717) is 56.1 Å². The van der Waals surface area contributed by atoms with Crippen LogP contribution in [0.15, 0.2) is 54.6 Å². The van der Waals surface area contributed by atoms with E-state index in [1.807, 2.05) is 71.8 Å². The van der Waals surface area contributed by atoms with Gasteiger partial charge in [-0.15, -0.1) is 0 Å². The summed E-state index contributed by atoms with van der Waals surface area (Å²) < 4.78 is 7.11. The van der Waals surface area contributed by atoms with E-state index in [-0.39, 0.29) is 18.4 Å². The third-order valence-electron chi connectivity index (χ3n) is 7.03. The molecule has 3 N–H and O–H groups in total. The van der Waals surface area contributed by atoms with Crippen LogP contribution in [0.2, 0.25) is 0 Å². The number of primary amides is 1. The number of hydrogen-bond acceptors (Lipinski definition) is 5. The summed E-state index contributed by atoms with van der Waals surface area (Å²) in [5, 5.41) is 2.93. The van der Waals surface area contributed by atoms with Gasteiger partial charge >= 0.3 is 6.03 Å². The summed E-state index contributed by atoms with van der Waals surface area (Å²) in [7, 11) is 1.63. The van der Waals surface area contributed by atoms with Crippen molar-refractivity contribution in [3.63, 3.8) is 0 Å². The van der Waals surface area contributed by atoms with Gasteiger partial charge in [-0.05, 0) is 56.2 Å². The summed E-state index contributed by atoms with van der Waals surface area (Å²) in [5.41, 5.74) is 10.1. The Morgan fingerprint density at radius 1 is 0.947 bits per heavy atom. The Hall–Kier alpha value is -4.11. The van der Waals surface area contributed by atoms with Crippen molar-refractivity contribution in [1.29, 1.82) is 0 Å². The molecule has 0 atom stereocenters. The summed E-state index contributed by atoms with van der Waals surface area (Å²) in [4.78, 5) is 41.8. The van der Waals surface area contributed by atoms with Gasteiger partial charge in [-0.25, -0.2) is 4.79 Å². The molecule has 0 bridgehead atoms. The van der Waals surface area contributed by atoms with E-state index < -0.39 is 5.91 Å². The Morgan fingerprint density at radius 3 is 2.21 bits per heavy atom. The van der Waals surface area contributed by atoms with Crippen LogP contribution >= 0.6 is 0 Å². The van der Waals surface area contributed by atoms with E-state index in [0.717, 1.165) is 22.6 Å². The van der Waals surface area contributed by atoms with Gasteiger partial charge in [-0.1, -0.05) is 29.8 Å². The summed E-state index contributed by atoms with van der Waals surface area (Å²) in [6.45, 7) is 6.78. The smallest absolute Gasteiger partial charge is 0.321 e. The summed E-state index contributed by atoms with van der Waals surface area (Å²) in [6.07, 6.45) is 0.687. The number of piperazine rings is 1. The first-order valence-corrected chi connectivity index (χ1v) is 12.8. The number of nitrogens with one attached hydrogen (secondary N) is 1. The molecule has 0 aliphatic carbocycles. The third-order valence-corrected chi connectivity index (χ3v) is 7.03. The van der Waals surface area contributed by atoms with Crippen LogP contribution < -0.4 is 15.8 Å². The average molecular weight is 518 g/mol. The number of amides is 3. The van der Waals surface area contributed by atoms with Crippen molar-refractivity contribution in [3.05, 3.63) is 82.7 Å². The average Bonchev–Trinajstić information content (AvgIpc) is 3.25. The largest absolute Gasteiger partial charge is 0.497 e. The van der Waals surface area contributed by atoms with E-state index in [1.54, 1.807) is 18.1 Å². The van der Waals surface area contributed by atoms with Crippen molar-refractivity contribution in [2.24, 2.45) is 5.73 Å². The first-order valence-electron chi connectivity index (χ1n) is 12.8. The molecular formula is C29H35N5O4. The highest BCUT2D eigenvalue weighted by Gasteiger charge is 2.25. The number of ketones is 1. The number of urea groups is 1. The van der Waals surface area contributed by atoms with Crippen LogP contribution in [0.1, 0.15) is 37.7 Å². The first kappa shape index (κ1) is 26.9. The van der Waals surface area contributed by atoms with Gasteiger partial charge in [0.25, 0.3) is 5.91 Å². The van der Waals surface area contributed by atoms with Gasteiger partial charge in [-0.2, -0.15) is 0 Å². The highest BCUT2D eigenvalue weighted by atomic mass is 16.5. The molecule has 2 aromatic carbocycles. The molecule has 0 unspecified atom stereocenters. The van der Waals surface area contributed by atoms with Gasteiger partial charge in [0.1, 0.15) is 5.75 Å². The Labute approximate surface area is 223 Å². The summed E-state index contributed by atoms with van der Waals surface area (Å²) in [5.74, 6) is 0.159. The number of hydrogen-bond donors (Lipinski definition) is 2. The first-order chi connectivity index (χ1) is 18.2. The van der Waals surface area contributed by atoms with Crippen molar-refractivity contribution >= 4 is 23.4 Å². The number of nitrogens with two attached hydrogens (primary N) is 1. The molecule has 1 aliphatic rings. The molecule has 3 aromatic rings. The van der Waals surface area contributed by atoms with Crippen molar-refractivity contribution in [1.82, 2.24) is 14.4 Å². The van der Waals surface area contributed by atoms with Gasteiger partial charge in [0.05, 0.1) is 24.9 Å². The molecule has 38 heavy (non-hydrogen) atoms. The molecule has 2 heterocycles. The SMILES string of the molecule is COc1ccc(CCn2c(C(=O)CN3CCN(C(=O)Nc4ccc(C)cc4)CC3)cc(C(N)=O)c2C)cc1. The molecule has 9 nitrogen and oxygen atoms in total. The fraction of sp³-hybridized carbons (Fsp3) is 0.345. The van der Waals surface area contributed by atoms with E-state index >= 15 is 0 Å². The second-order valence-corrected chi connectivity index (χ2v) is 9.63. The number of ether oxygens (including phenoxy) is 1. The van der Waals surface area contributed by atoms with Gasteiger partial charge in [0.15, 0.2) is 5.78 Å². The van der Waals surface area contributed by atoms with Crippen LogP contribution in [-0.4, -0.2) is 71.9 Å². The number of carbonyl (C=O) groups excluding carboxylic acids is 3. The number of aromatic nitrogens is 1. The number of Topliss-reactive ketones (excluding diaryl/α,β-unsaturated/α-hetero) is 1. The van der Waals surface area contributed by atoms with Crippen molar-refractivity contribution in [2.45, 2.75) is 26.8 Å². The Bertz CT molecular complexity index is 1290. The monoisotopic (exact) mass is 517 g/mol. The zero-order valence-corrected chi connectivity index (χ0v) is 22.2. The Morgan fingerprint density at radius 2 is 1.61 bits per heavy atom. The molecule has 0 saturated carbocycles. The predicted molar refractivity (Wildman–Crippen MR) is 147 cm³/mol. The quantitative estimate of drug-likeness (QED) is 0.422.